The Labute approximate surface area is 117 Å². The molecule has 104 valence electrons. The zero-order valence-corrected chi connectivity index (χ0v) is 11.1. The molecule has 0 bridgehead atoms. The van der Waals surface area contributed by atoms with E-state index in [1.165, 1.54) is 6.33 Å². The van der Waals surface area contributed by atoms with E-state index in [9.17, 15) is 4.79 Å². The van der Waals surface area contributed by atoms with Crippen LogP contribution in [0, 0.1) is 0 Å². The van der Waals surface area contributed by atoms with Crippen LogP contribution in [-0.4, -0.2) is 44.7 Å². The molecule has 1 fully saturated rings. The first-order valence-electron chi connectivity index (χ1n) is 6.75. The van der Waals surface area contributed by atoms with Gasteiger partial charge in [0.2, 0.25) is 0 Å². The standard InChI is InChI=1S/C14H17N5O/c15-8-13-5-2-6-18(13)14(20)11-3-1-4-12(7-11)19-10-16-9-17-19/h1,3-4,7,9-10,13H,2,5-6,8,15H2. The molecule has 3 rings (SSSR count). The van der Waals surface area contributed by atoms with Crippen molar-refractivity contribution in [2.24, 2.45) is 5.73 Å². The molecule has 6 nitrogen and oxygen atoms in total. The van der Waals surface area contributed by atoms with Crippen LogP contribution in [0.1, 0.15) is 23.2 Å². The topological polar surface area (TPSA) is 77.0 Å². The molecule has 1 amide bonds. The van der Waals surface area contributed by atoms with Crippen LogP contribution in [0.15, 0.2) is 36.9 Å². The maximum atomic E-state index is 12.6. The fourth-order valence-corrected chi connectivity index (χ4v) is 2.64. The summed E-state index contributed by atoms with van der Waals surface area (Å²) in [6.07, 6.45) is 5.10. The van der Waals surface area contributed by atoms with E-state index in [0.717, 1.165) is 25.1 Å². The van der Waals surface area contributed by atoms with Crippen LogP contribution >= 0.6 is 0 Å². The number of carbonyl (C=O) groups excluding carboxylic acids is 1. The van der Waals surface area contributed by atoms with E-state index in [1.807, 2.05) is 29.2 Å². The van der Waals surface area contributed by atoms with Crippen LogP contribution in [0.5, 0.6) is 0 Å². The van der Waals surface area contributed by atoms with E-state index >= 15 is 0 Å². The van der Waals surface area contributed by atoms with Crippen LogP contribution < -0.4 is 5.73 Å². The number of likely N-dealkylation sites (tertiary alicyclic amines) is 1. The van der Waals surface area contributed by atoms with Crippen molar-refractivity contribution >= 4 is 5.91 Å². The van der Waals surface area contributed by atoms with Crippen molar-refractivity contribution in [3.05, 3.63) is 42.5 Å². The molecule has 0 spiro atoms. The van der Waals surface area contributed by atoms with Gasteiger partial charge in [0, 0.05) is 24.7 Å². The molecule has 1 aliphatic heterocycles. The number of carbonyl (C=O) groups is 1. The third-order valence-corrected chi connectivity index (χ3v) is 3.69. The fourth-order valence-electron chi connectivity index (χ4n) is 2.64. The van der Waals surface area contributed by atoms with Gasteiger partial charge in [-0.3, -0.25) is 4.79 Å². The third-order valence-electron chi connectivity index (χ3n) is 3.69. The molecule has 2 N–H and O–H groups in total. The number of nitrogens with zero attached hydrogens (tertiary/aromatic N) is 4. The molecule has 2 aromatic rings. The highest BCUT2D eigenvalue weighted by Crippen LogP contribution is 2.20. The predicted octanol–water partition coefficient (Wildman–Crippen LogP) is 0.831. The summed E-state index contributed by atoms with van der Waals surface area (Å²) in [5, 5.41) is 4.08. The Morgan fingerprint density at radius 1 is 1.45 bits per heavy atom. The first-order chi connectivity index (χ1) is 9.79. The Bertz CT molecular complexity index is 595. The number of rotatable bonds is 3. The fraction of sp³-hybridized carbons (Fsp3) is 0.357. The van der Waals surface area contributed by atoms with Gasteiger partial charge < -0.3 is 10.6 Å². The van der Waals surface area contributed by atoms with Gasteiger partial charge in [0.05, 0.1) is 5.69 Å². The van der Waals surface area contributed by atoms with Crippen molar-refractivity contribution in [2.75, 3.05) is 13.1 Å². The number of nitrogens with two attached hydrogens (primary N) is 1. The quantitative estimate of drug-likeness (QED) is 0.897. The van der Waals surface area contributed by atoms with E-state index in [4.69, 9.17) is 5.73 Å². The SMILES string of the molecule is NCC1CCCN1C(=O)c1cccc(-n2cncn2)c1. The summed E-state index contributed by atoms with van der Waals surface area (Å²) in [7, 11) is 0. The van der Waals surface area contributed by atoms with E-state index in [2.05, 4.69) is 10.1 Å². The van der Waals surface area contributed by atoms with Gasteiger partial charge in [0.25, 0.3) is 5.91 Å². The lowest BCUT2D eigenvalue weighted by Crippen LogP contribution is -2.39. The average Bonchev–Trinajstić information content (AvgIpc) is 3.17. The highest BCUT2D eigenvalue weighted by molar-refractivity contribution is 5.95. The van der Waals surface area contributed by atoms with Crippen LogP contribution in [-0.2, 0) is 0 Å². The lowest BCUT2D eigenvalue weighted by molar-refractivity contribution is 0.0741. The van der Waals surface area contributed by atoms with Gasteiger partial charge in [-0.1, -0.05) is 6.07 Å². The maximum absolute atomic E-state index is 12.6. The smallest absolute Gasteiger partial charge is 0.254 e. The highest BCUT2D eigenvalue weighted by atomic mass is 16.2. The summed E-state index contributed by atoms with van der Waals surface area (Å²) in [5.41, 5.74) is 7.23. The summed E-state index contributed by atoms with van der Waals surface area (Å²) in [5.74, 6) is 0.0416. The second-order valence-electron chi connectivity index (χ2n) is 4.92. The summed E-state index contributed by atoms with van der Waals surface area (Å²) in [6, 6.07) is 7.59. The van der Waals surface area contributed by atoms with Gasteiger partial charge in [-0.05, 0) is 31.0 Å². The van der Waals surface area contributed by atoms with Gasteiger partial charge in [0.15, 0.2) is 0 Å². The minimum atomic E-state index is 0.0416. The van der Waals surface area contributed by atoms with Gasteiger partial charge in [0.1, 0.15) is 12.7 Å². The maximum Gasteiger partial charge on any atom is 0.254 e. The Balaban J connectivity index is 1.87. The van der Waals surface area contributed by atoms with Gasteiger partial charge in [-0.25, -0.2) is 9.67 Å². The van der Waals surface area contributed by atoms with E-state index in [1.54, 1.807) is 11.0 Å². The molecule has 0 saturated carbocycles. The molecule has 1 aromatic heterocycles. The number of benzene rings is 1. The molecule has 1 saturated heterocycles. The Kier molecular flexibility index (Phi) is 3.47. The van der Waals surface area contributed by atoms with Crippen molar-refractivity contribution < 1.29 is 4.79 Å². The molecular weight excluding hydrogens is 254 g/mol. The second kappa shape index (κ2) is 5.42. The van der Waals surface area contributed by atoms with Crippen LogP contribution in [0.4, 0.5) is 0 Å². The Morgan fingerprint density at radius 3 is 3.10 bits per heavy atom. The van der Waals surface area contributed by atoms with E-state index in [0.29, 0.717) is 12.1 Å². The molecular formula is C14H17N5O. The largest absolute Gasteiger partial charge is 0.334 e. The van der Waals surface area contributed by atoms with Crippen molar-refractivity contribution in [1.29, 1.82) is 0 Å². The Morgan fingerprint density at radius 2 is 2.35 bits per heavy atom. The molecule has 0 radical (unpaired) electrons. The van der Waals surface area contributed by atoms with E-state index < -0.39 is 0 Å². The zero-order valence-electron chi connectivity index (χ0n) is 11.1. The molecule has 2 heterocycles. The second-order valence-corrected chi connectivity index (χ2v) is 4.92. The van der Waals surface area contributed by atoms with Gasteiger partial charge >= 0.3 is 0 Å². The highest BCUT2D eigenvalue weighted by Gasteiger charge is 2.28. The van der Waals surface area contributed by atoms with Gasteiger partial charge in [-0.2, -0.15) is 5.10 Å². The monoisotopic (exact) mass is 271 g/mol. The first kappa shape index (κ1) is 12.8. The average molecular weight is 271 g/mol. The molecule has 1 unspecified atom stereocenters. The number of aromatic nitrogens is 3. The first-order valence-corrected chi connectivity index (χ1v) is 6.75. The summed E-state index contributed by atoms with van der Waals surface area (Å²) < 4.78 is 1.64. The minimum Gasteiger partial charge on any atom is -0.334 e. The molecule has 20 heavy (non-hydrogen) atoms. The van der Waals surface area contributed by atoms with E-state index in [-0.39, 0.29) is 11.9 Å². The van der Waals surface area contributed by atoms with Crippen LogP contribution in [0.3, 0.4) is 0 Å². The molecule has 1 aromatic carbocycles. The summed E-state index contributed by atoms with van der Waals surface area (Å²) in [4.78, 5) is 18.4. The van der Waals surface area contributed by atoms with Crippen molar-refractivity contribution in [1.82, 2.24) is 19.7 Å². The summed E-state index contributed by atoms with van der Waals surface area (Å²) >= 11 is 0. The van der Waals surface area contributed by atoms with Gasteiger partial charge in [-0.15, -0.1) is 0 Å². The van der Waals surface area contributed by atoms with Crippen molar-refractivity contribution in [2.45, 2.75) is 18.9 Å². The van der Waals surface area contributed by atoms with Crippen LogP contribution in [0.25, 0.3) is 5.69 Å². The predicted molar refractivity (Wildman–Crippen MR) is 74.5 cm³/mol. The number of amides is 1. The lowest BCUT2D eigenvalue weighted by atomic mass is 10.1. The summed E-state index contributed by atoms with van der Waals surface area (Å²) in [6.45, 7) is 1.31. The third kappa shape index (κ3) is 2.30. The normalized spacial score (nSPS) is 18.4. The van der Waals surface area contributed by atoms with Crippen molar-refractivity contribution in [3.63, 3.8) is 0 Å². The molecule has 1 atom stereocenters. The van der Waals surface area contributed by atoms with Crippen molar-refractivity contribution in [3.8, 4) is 5.69 Å². The molecule has 1 aliphatic rings. The Hall–Kier alpha value is -2.21. The molecule has 6 heteroatoms. The van der Waals surface area contributed by atoms with Crippen LogP contribution in [0.2, 0.25) is 0 Å². The zero-order chi connectivity index (χ0) is 13.9. The number of hydrogen-bond donors (Lipinski definition) is 1. The minimum absolute atomic E-state index is 0.0416. The lowest BCUT2D eigenvalue weighted by Gasteiger charge is -2.23. The molecule has 0 aliphatic carbocycles. The number of hydrogen-bond acceptors (Lipinski definition) is 4.